The minimum atomic E-state index is -0.744. The molecule has 4 aromatic rings. The summed E-state index contributed by atoms with van der Waals surface area (Å²) in [7, 11) is 1.61. The molecule has 0 unspecified atom stereocenters. The lowest BCUT2D eigenvalue weighted by Gasteiger charge is -2.23. The van der Waals surface area contributed by atoms with Crippen LogP contribution in [0.1, 0.15) is 19.4 Å². The first kappa shape index (κ1) is 20.5. The van der Waals surface area contributed by atoms with Crippen LogP contribution < -0.4 is 10.9 Å². The Labute approximate surface area is 179 Å². The van der Waals surface area contributed by atoms with Crippen molar-refractivity contribution in [3.63, 3.8) is 0 Å². The third-order valence-electron chi connectivity index (χ3n) is 5.53. The van der Waals surface area contributed by atoms with E-state index in [0.717, 1.165) is 11.1 Å². The number of likely N-dealkylation sites (N-methyl/N-ethyl adjacent to an activating group) is 1. The van der Waals surface area contributed by atoms with Crippen LogP contribution in [0.15, 0.2) is 77.6 Å². The molecule has 0 atom stereocenters. The minimum absolute atomic E-state index is 0.0984. The Morgan fingerprint density at radius 2 is 1.65 bits per heavy atom. The fraction of sp³-hybridized carbons (Fsp3) is 0.160. The third kappa shape index (κ3) is 3.61. The molecule has 156 valence electrons. The van der Waals surface area contributed by atoms with Gasteiger partial charge in [-0.2, -0.15) is 9.78 Å². The van der Waals surface area contributed by atoms with Crippen molar-refractivity contribution in [2.75, 3.05) is 7.05 Å². The van der Waals surface area contributed by atoms with Gasteiger partial charge in [-0.05, 0) is 55.8 Å². The van der Waals surface area contributed by atoms with Crippen molar-refractivity contribution in [1.82, 2.24) is 15.1 Å². The zero-order chi connectivity index (χ0) is 22.2. The predicted molar refractivity (Wildman–Crippen MR) is 120 cm³/mol. The molecule has 5 nitrogen and oxygen atoms in total. The van der Waals surface area contributed by atoms with Crippen molar-refractivity contribution in [1.29, 1.82) is 0 Å². The zero-order valence-electron chi connectivity index (χ0n) is 17.5. The first-order valence-electron chi connectivity index (χ1n) is 9.94. The number of nitrogens with one attached hydrogen (secondary N) is 1. The number of carbonyl (C=O) groups is 1. The minimum Gasteiger partial charge on any atom is -0.358 e. The van der Waals surface area contributed by atoms with Crippen molar-refractivity contribution in [3.05, 3.63) is 94.5 Å². The van der Waals surface area contributed by atoms with E-state index in [4.69, 9.17) is 0 Å². The lowest BCUT2D eigenvalue weighted by atomic mass is 9.82. The van der Waals surface area contributed by atoms with Crippen molar-refractivity contribution >= 4 is 16.7 Å². The molecule has 0 radical (unpaired) electrons. The van der Waals surface area contributed by atoms with Crippen LogP contribution in [0.3, 0.4) is 0 Å². The van der Waals surface area contributed by atoms with Gasteiger partial charge in [0.15, 0.2) is 0 Å². The van der Waals surface area contributed by atoms with Crippen LogP contribution in [-0.2, 0) is 10.2 Å². The Bertz CT molecular complexity index is 1340. The summed E-state index contributed by atoms with van der Waals surface area (Å²) in [5.41, 5.74) is 1.66. The molecule has 0 aliphatic heterocycles. The fourth-order valence-corrected chi connectivity index (χ4v) is 3.66. The molecular weight excluding hydrogens is 393 g/mol. The zero-order valence-corrected chi connectivity index (χ0v) is 17.5. The molecule has 1 aromatic heterocycles. The molecule has 0 saturated carbocycles. The molecule has 0 aliphatic rings. The predicted octanol–water partition coefficient (Wildman–Crippen LogP) is 4.22. The Morgan fingerprint density at radius 3 is 2.32 bits per heavy atom. The van der Waals surface area contributed by atoms with E-state index < -0.39 is 5.41 Å². The fourth-order valence-electron chi connectivity index (χ4n) is 3.66. The summed E-state index contributed by atoms with van der Waals surface area (Å²) >= 11 is 0. The molecule has 0 aliphatic carbocycles. The normalized spacial score (nSPS) is 11.5. The van der Waals surface area contributed by atoms with Gasteiger partial charge in [-0.15, -0.1) is 0 Å². The van der Waals surface area contributed by atoms with E-state index in [1.54, 1.807) is 19.2 Å². The maximum Gasteiger partial charge on any atom is 0.279 e. The Hall–Kier alpha value is -3.80. The number of amides is 1. The van der Waals surface area contributed by atoms with Crippen LogP contribution in [0.25, 0.3) is 27.7 Å². The van der Waals surface area contributed by atoms with Gasteiger partial charge in [0, 0.05) is 18.0 Å². The summed E-state index contributed by atoms with van der Waals surface area (Å²) in [6.45, 7) is 3.71. The third-order valence-corrected chi connectivity index (χ3v) is 5.53. The number of hydrogen-bond donors (Lipinski definition) is 1. The highest BCUT2D eigenvalue weighted by molar-refractivity contribution is 5.94. The number of halogens is 1. The summed E-state index contributed by atoms with van der Waals surface area (Å²) in [4.78, 5) is 25.5. The second kappa shape index (κ2) is 7.80. The standard InChI is InChI=1S/C25H22FN3O2/c1-25(2,24(31)27-3)17-8-6-7-16(15-17)22-20-9-4-5-10-21(20)23(30)29(28-22)19-13-11-18(26)12-14-19/h4-15H,1-3H3,(H,27,31). The van der Waals surface area contributed by atoms with Gasteiger partial charge in [0.05, 0.1) is 22.2 Å². The lowest BCUT2D eigenvalue weighted by Crippen LogP contribution is -2.37. The summed E-state index contributed by atoms with van der Waals surface area (Å²) in [6.07, 6.45) is 0. The van der Waals surface area contributed by atoms with Gasteiger partial charge in [-0.25, -0.2) is 4.39 Å². The molecule has 0 spiro atoms. The molecule has 31 heavy (non-hydrogen) atoms. The van der Waals surface area contributed by atoms with Crippen LogP contribution in [-0.4, -0.2) is 22.7 Å². The second-order valence-corrected chi connectivity index (χ2v) is 7.87. The maximum absolute atomic E-state index is 13.4. The Kier molecular flexibility index (Phi) is 5.15. The average molecular weight is 415 g/mol. The van der Waals surface area contributed by atoms with E-state index in [1.807, 2.05) is 50.2 Å². The van der Waals surface area contributed by atoms with Crippen LogP contribution in [0, 0.1) is 5.82 Å². The van der Waals surface area contributed by atoms with Gasteiger partial charge in [0.2, 0.25) is 5.91 Å². The van der Waals surface area contributed by atoms with Gasteiger partial charge in [-0.3, -0.25) is 9.59 Å². The molecule has 4 rings (SSSR count). The number of fused-ring (bicyclic) bond motifs is 1. The molecule has 0 fully saturated rings. The molecule has 3 aromatic carbocycles. The first-order valence-corrected chi connectivity index (χ1v) is 9.94. The first-order chi connectivity index (χ1) is 14.8. The van der Waals surface area contributed by atoms with Crippen LogP contribution in [0.5, 0.6) is 0 Å². The second-order valence-electron chi connectivity index (χ2n) is 7.87. The molecule has 1 heterocycles. The number of hydrogen-bond acceptors (Lipinski definition) is 3. The highest BCUT2D eigenvalue weighted by atomic mass is 19.1. The molecule has 6 heteroatoms. The highest BCUT2D eigenvalue weighted by Crippen LogP contribution is 2.30. The van der Waals surface area contributed by atoms with Crippen LogP contribution in [0.4, 0.5) is 4.39 Å². The molecule has 0 saturated heterocycles. The maximum atomic E-state index is 13.4. The summed E-state index contributed by atoms with van der Waals surface area (Å²) in [5.74, 6) is -0.485. The van der Waals surface area contributed by atoms with E-state index in [2.05, 4.69) is 10.4 Å². The topological polar surface area (TPSA) is 64.0 Å². The van der Waals surface area contributed by atoms with E-state index in [9.17, 15) is 14.0 Å². The van der Waals surface area contributed by atoms with Gasteiger partial charge < -0.3 is 5.32 Å². The van der Waals surface area contributed by atoms with Gasteiger partial charge in [0.1, 0.15) is 5.82 Å². The largest absolute Gasteiger partial charge is 0.358 e. The van der Waals surface area contributed by atoms with E-state index in [0.29, 0.717) is 22.2 Å². The van der Waals surface area contributed by atoms with E-state index in [1.165, 1.54) is 28.9 Å². The van der Waals surface area contributed by atoms with Gasteiger partial charge >= 0.3 is 0 Å². The van der Waals surface area contributed by atoms with Crippen molar-refractivity contribution in [3.8, 4) is 16.9 Å². The van der Waals surface area contributed by atoms with Crippen molar-refractivity contribution in [2.45, 2.75) is 19.3 Å². The monoisotopic (exact) mass is 415 g/mol. The molecular formula is C25H22FN3O2. The lowest BCUT2D eigenvalue weighted by molar-refractivity contribution is -0.125. The van der Waals surface area contributed by atoms with Crippen molar-refractivity contribution < 1.29 is 9.18 Å². The molecule has 1 amide bonds. The van der Waals surface area contributed by atoms with Crippen LogP contribution >= 0.6 is 0 Å². The number of nitrogens with zero attached hydrogens (tertiary/aromatic N) is 2. The number of benzene rings is 3. The summed E-state index contributed by atoms with van der Waals surface area (Å²) < 4.78 is 14.7. The summed E-state index contributed by atoms with van der Waals surface area (Å²) in [6, 6.07) is 20.5. The Balaban J connectivity index is 1.97. The quantitative estimate of drug-likeness (QED) is 0.543. The number of aromatic nitrogens is 2. The van der Waals surface area contributed by atoms with E-state index in [-0.39, 0.29) is 17.3 Å². The Morgan fingerprint density at radius 1 is 0.968 bits per heavy atom. The summed E-state index contributed by atoms with van der Waals surface area (Å²) in [5, 5.41) is 8.56. The molecule has 1 N–H and O–H groups in total. The van der Waals surface area contributed by atoms with E-state index >= 15 is 0 Å². The van der Waals surface area contributed by atoms with Crippen molar-refractivity contribution in [2.24, 2.45) is 0 Å². The van der Waals surface area contributed by atoms with Crippen LogP contribution in [0.2, 0.25) is 0 Å². The average Bonchev–Trinajstić information content (AvgIpc) is 2.79. The number of carbonyl (C=O) groups excluding carboxylic acids is 1. The molecule has 0 bridgehead atoms. The SMILES string of the molecule is CNC(=O)C(C)(C)c1cccc(-c2nn(-c3ccc(F)cc3)c(=O)c3ccccc23)c1. The van der Waals surface area contributed by atoms with Gasteiger partial charge in [0.25, 0.3) is 5.56 Å². The van der Waals surface area contributed by atoms with Gasteiger partial charge in [-0.1, -0.05) is 36.4 Å². The highest BCUT2D eigenvalue weighted by Gasteiger charge is 2.29. The smallest absolute Gasteiger partial charge is 0.279 e. The number of rotatable bonds is 4.